The second-order valence-corrected chi connectivity index (χ2v) is 5.00. The van der Waals surface area contributed by atoms with Gasteiger partial charge in [-0.2, -0.15) is 0 Å². The number of ether oxygens (including phenoxy) is 1. The molecule has 2 heterocycles. The zero-order valence-electron chi connectivity index (χ0n) is 10.4. The van der Waals surface area contributed by atoms with Gasteiger partial charge >= 0.3 is 5.97 Å². The number of nitrogens with zero attached hydrogens (tertiary/aromatic N) is 1. The van der Waals surface area contributed by atoms with E-state index < -0.39 is 11.5 Å². The molecule has 6 nitrogen and oxygen atoms in total. The normalized spacial score (nSPS) is 10.6. The number of aliphatic hydroxyl groups is 1. The number of carbonyl (C=O) groups excluding carboxylic acids is 1. The zero-order valence-corrected chi connectivity index (χ0v) is 11.3. The summed E-state index contributed by atoms with van der Waals surface area (Å²) < 4.78 is 4.93. The minimum atomic E-state index is -0.547. The number of thiophene rings is 1. The van der Waals surface area contributed by atoms with Crippen molar-refractivity contribution in [2.24, 2.45) is 0 Å². The van der Waals surface area contributed by atoms with Crippen LogP contribution in [-0.2, 0) is 4.74 Å². The molecule has 0 unspecified atom stereocenters. The fourth-order valence-corrected chi connectivity index (χ4v) is 2.72. The Kier molecular flexibility index (Phi) is 3.39. The molecule has 19 heavy (non-hydrogen) atoms. The summed E-state index contributed by atoms with van der Waals surface area (Å²) in [5, 5.41) is 9.45. The van der Waals surface area contributed by atoms with Gasteiger partial charge < -0.3 is 14.8 Å². The summed E-state index contributed by atoms with van der Waals surface area (Å²) in [7, 11) is 0. The van der Waals surface area contributed by atoms with E-state index >= 15 is 0 Å². The van der Waals surface area contributed by atoms with Gasteiger partial charge in [0.1, 0.15) is 4.83 Å². The number of hydrogen-bond acceptors (Lipinski definition) is 6. The quantitative estimate of drug-likeness (QED) is 0.662. The van der Waals surface area contributed by atoms with E-state index in [-0.39, 0.29) is 29.1 Å². The van der Waals surface area contributed by atoms with Crippen LogP contribution in [0.15, 0.2) is 11.4 Å². The fourth-order valence-electron chi connectivity index (χ4n) is 1.70. The van der Waals surface area contributed by atoms with Crippen molar-refractivity contribution in [1.82, 2.24) is 9.97 Å². The highest BCUT2D eigenvalue weighted by Gasteiger charge is 2.22. The van der Waals surface area contributed by atoms with Crippen molar-refractivity contribution in [2.75, 3.05) is 6.61 Å². The van der Waals surface area contributed by atoms with E-state index in [1.54, 1.807) is 13.8 Å². The fraction of sp³-hybridized carbons (Fsp3) is 0.250. The van der Waals surface area contributed by atoms with Gasteiger partial charge in [0.25, 0.3) is 5.56 Å². The molecule has 0 atom stereocenters. The molecular weight excluding hydrogens is 268 g/mol. The number of esters is 1. The predicted molar refractivity (Wildman–Crippen MR) is 72.6 cm³/mol. The van der Waals surface area contributed by atoms with E-state index in [1.165, 1.54) is 11.3 Å². The Morgan fingerprint density at radius 2 is 2.26 bits per heavy atom. The first kappa shape index (κ1) is 13.3. The van der Waals surface area contributed by atoms with Crippen LogP contribution in [0.3, 0.4) is 0 Å². The number of carbonyl (C=O) groups is 1. The van der Waals surface area contributed by atoms with Crippen molar-refractivity contribution in [3.05, 3.63) is 33.2 Å². The summed E-state index contributed by atoms with van der Waals surface area (Å²) in [6.07, 6.45) is 0. The number of nitrogens with one attached hydrogen (secondary N) is 1. The molecule has 2 rings (SSSR count). The van der Waals surface area contributed by atoms with E-state index in [2.05, 4.69) is 16.5 Å². The molecule has 0 saturated heterocycles. The molecule has 100 valence electrons. The minimum Gasteiger partial charge on any atom is -0.505 e. The molecule has 0 spiro atoms. The number of rotatable bonds is 3. The van der Waals surface area contributed by atoms with Crippen LogP contribution in [0, 0.1) is 6.92 Å². The van der Waals surface area contributed by atoms with Gasteiger partial charge in [-0.3, -0.25) is 4.79 Å². The van der Waals surface area contributed by atoms with Crippen molar-refractivity contribution < 1.29 is 14.6 Å². The molecule has 2 aromatic heterocycles. The lowest BCUT2D eigenvalue weighted by atomic mass is 10.2. The minimum absolute atomic E-state index is 0.00541. The largest absolute Gasteiger partial charge is 0.505 e. The smallest absolute Gasteiger partial charge is 0.340 e. The maximum Gasteiger partial charge on any atom is 0.340 e. The average molecular weight is 280 g/mol. The van der Waals surface area contributed by atoms with E-state index in [0.717, 1.165) is 0 Å². The number of hydrogen-bond donors (Lipinski definition) is 2. The molecule has 7 heteroatoms. The van der Waals surface area contributed by atoms with E-state index in [4.69, 9.17) is 4.74 Å². The Hall–Kier alpha value is -2.15. The first-order chi connectivity index (χ1) is 8.95. The summed E-state index contributed by atoms with van der Waals surface area (Å²) >= 11 is 1.19. The monoisotopic (exact) mass is 280 g/mol. The molecule has 0 fully saturated rings. The van der Waals surface area contributed by atoms with Gasteiger partial charge in [-0.15, -0.1) is 11.3 Å². The number of fused-ring (bicyclic) bond motifs is 1. The lowest BCUT2D eigenvalue weighted by molar-refractivity contribution is 0.0528. The van der Waals surface area contributed by atoms with E-state index in [0.29, 0.717) is 9.71 Å². The molecule has 0 amide bonds. The van der Waals surface area contributed by atoms with Gasteiger partial charge in [-0.05, 0) is 13.8 Å². The third-order valence-electron chi connectivity index (χ3n) is 2.49. The van der Waals surface area contributed by atoms with Crippen LogP contribution in [0.2, 0.25) is 0 Å². The molecule has 0 radical (unpaired) electrons. The second kappa shape index (κ2) is 4.85. The molecule has 0 aliphatic heterocycles. The van der Waals surface area contributed by atoms with Crippen LogP contribution in [-0.4, -0.2) is 27.7 Å². The van der Waals surface area contributed by atoms with Gasteiger partial charge in [0.15, 0.2) is 11.6 Å². The van der Waals surface area contributed by atoms with Gasteiger partial charge in [0, 0.05) is 4.88 Å². The topological polar surface area (TPSA) is 92.3 Å². The summed E-state index contributed by atoms with van der Waals surface area (Å²) in [6.45, 7) is 6.94. The van der Waals surface area contributed by atoms with E-state index in [1.807, 2.05) is 0 Å². The maximum atomic E-state index is 12.0. The highest BCUT2D eigenvalue weighted by atomic mass is 32.1. The van der Waals surface area contributed by atoms with Crippen molar-refractivity contribution in [1.29, 1.82) is 0 Å². The van der Waals surface area contributed by atoms with Crippen molar-refractivity contribution in [3.8, 4) is 0 Å². The standard InChI is InChI=1S/C12H12N2O4S/c1-4-18-12(17)7-6(3)19-11-8(7)10(16)13-9(14-11)5(2)15/h15H,2,4H2,1,3H3,(H,13,14,16). The SMILES string of the molecule is C=C(O)c1nc2sc(C)c(C(=O)OCC)c2c(=O)[nH]1. The molecule has 0 bridgehead atoms. The maximum absolute atomic E-state index is 12.0. The van der Waals surface area contributed by atoms with Crippen molar-refractivity contribution in [3.63, 3.8) is 0 Å². The third-order valence-corrected chi connectivity index (χ3v) is 3.49. The number of H-pyrrole nitrogens is 1. The second-order valence-electron chi connectivity index (χ2n) is 3.80. The van der Waals surface area contributed by atoms with Gasteiger partial charge in [-0.25, -0.2) is 9.78 Å². The third kappa shape index (κ3) is 2.24. The Morgan fingerprint density at radius 3 is 2.84 bits per heavy atom. The molecule has 0 aliphatic rings. The Bertz CT molecular complexity index is 729. The summed E-state index contributed by atoms with van der Waals surface area (Å²) in [6, 6.07) is 0. The first-order valence-corrected chi connectivity index (χ1v) is 6.36. The van der Waals surface area contributed by atoms with Crippen molar-refractivity contribution in [2.45, 2.75) is 13.8 Å². The number of aromatic amines is 1. The molecule has 2 aromatic rings. The van der Waals surface area contributed by atoms with Crippen LogP contribution >= 0.6 is 11.3 Å². The molecule has 0 saturated carbocycles. The van der Waals surface area contributed by atoms with E-state index in [9.17, 15) is 14.7 Å². The summed E-state index contributed by atoms with van der Waals surface area (Å²) in [5.74, 6) is -0.883. The van der Waals surface area contributed by atoms with Crippen LogP contribution in [0.4, 0.5) is 0 Å². The van der Waals surface area contributed by atoms with Crippen molar-refractivity contribution >= 4 is 33.3 Å². The Labute approximate surface area is 112 Å². The average Bonchev–Trinajstić information content (AvgIpc) is 2.66. The highest BCUT2D eigenvalue weighted by molar-refractivity contribution is 7.19. The lowest BCUT2D eigenvalue weighted by Gasteiger charge is -2.01. The van der Waals surface area contributed by atoms with Crippen LogP contribution in [0.25, 0.3) is 16.0 Å². The summed E-state index contributed by atoms with van der Waals surface area (Å²) in [5.41, 5.74) is -0.270. The first-order valence-electron chi connectivity index (χ1n) is 5.54. The number of aliphatic hydroxyl groups excluding tert-OH is 1. The highest BCUT2D eigenvalue weighted by Crippen LogP contribution is 2.27. The lowest BCUT2D eigenvalue weighted by Crippen LogP contribution is -2.14. The Morgan fingerprint density at radius 1 is 1.58 bits per heavy atom. The van der Waals surface area contributed by atoms with Gasteiger partial charge in [0.2, 0.25) is 0 Å². The van der Waals surface area contributed by atoms with Gasteiger partial charge in [-0.1, -0.05) is 6.58 Å². The molecular formula is C12H12N2O4S. The summed E-state index contributed by atoms with van der Waals surface area (Å²) in [4.78, 5) is 31.3. The van der Waals surface area contributed by atoms with Crippen LogP contribution in [0.5, 0.6) is 0 Å². The van der Waals surface area contributed by atoms with Crippen LogP contribution < -0.4 is 5.56 Å². The number of aromatic nitrogens is 2. The Balaban J connectivity index is 2.74. The molecule has 0 aromatic carbocycles. The molecule has 2 N–H and O–H groups in total. The number of aryl methyl sites for hydroxylation is 1. The molecule has 0 aliphatic carbocycles. The zero-order chi connectivity index (χ0) is 14.2. The predicted octanol–water partition coefficient (Wildman–Crippen LogP) is 2.00. The van der Waals surface area contributed by atoms with Gasteiger partial charge in [0.05, 0.1) is 17.6 Å². The van der Waals surface area contributed by atoms with Crippen LogP contribution in [0.1, 0.15) is 28.0 Å².